The van der Waals surface area contributed by atoms with E-state index in [0.29, 0.717) is 0 Å². The fourth-order valence-corrected chi connectivity index (χ4v) is 0.803. The van der Waals surface area contributed by atoms with Crippen molar-refractivity contribution in [3.05, 3.63) is 6.92 Å². The molecule has 0 saturated heterocycles. The molecule has 6 nitrogen and oxygen atoms in total. The van der Waals surface area contributed by atoms with Crippen molar-refractivity contribution in [2.75, 3.05) is 0 Å². The summed E-state index contributed by atoms with van der Waals surface area (Å²) in [5.74, 6) is -4.84. The van der Waals surface area contributed by atoms with Gasteiger partial charge < -0.3 is 15.3 Å². The summed E-state index contributed by atoms with van der Waals surface area (Å²) in [5, 5.41) is 25.4. The van der Waals surface area contributed by atoms with E-state index in [2.05, 4.69) is 6.92 Å². The maximum absolute atomic E-state index is 10.5. The lowest BCUT2D eigenvalue weighted by Gasteiger charge is -2.20. The van der Waals surface area contributed by atoms with Crippen LogP contribution in [0, 0.1) is 12.3 Å². The molecule has 0 aromatic heterocycles. The van der Waals surface area contributed by atoms with Crippen LogP contribution in [0.3, 0.4) is 0 Å². The van der Waals surface area contributed by atoms with Gasteiger partial charge in [-0.25, -0.2) is 0 Å². The summed E-state index contributed by atoms with van der Waals surface area (Å²) in [5.41, 5.74) is -2.31. The highest BCUT2D eigenvalue weighted by Crippen LogP contribution is 2.27. The standard InChI is InChI=1S/C7H9O6/c1-2-7(5(10)11,6(12)13)3-4(8)9/h1-3H2,(H,8,9)(H,10,11)(H,12,13). The van der Waals surface area contributed by atoms with Crippen molar-refractivity contribution in [2.45, 2.75) is 12.8 Å². The quantitative estimate of drug-likeness (QED) is 0.518. The van der Waals surface area contributed by atoms with Gasteiger partial charge >= 0.3 is 17.9 Å². The zero-order chi connectivity index (χ0) is 10.6. The van der Waals surface area contributed by atoms with E-state index in [0.717, 1.165) is 0 Å². The molecule has 6 heteroatoms. The van der Waals surface area contributed by atoms with E-state index in [9.17, 15) is 14.4 Å². The molecule has 0 spiro atoms. The Morgan fingerprint density at radius 3 is 1.54 bits per heavy atom. The second kappa shape index (κ2) is 3.88. The van der Waals surface area contributed by atoms with Crippen LogP contribution in [0.25, 0.3) is 0 Å². The summed E-state index contributed by atoms with van der Waals surface area (Å²) < 4.78 is 0. The van der Waals surface area contributed by atoms with Crippen molar-refractivity contribution in [1.29, 1.82) is 0 Å². The Balaban J connectivity index is 4.98. The predicted octanol–water partition coefficient (Wildman–Crippen LogP) is -0.159. The predicted molar refractivity (Wildman–Crippen MR) is 39.9 cm³/mol. The molecule has 0 amide bonds. The van der Waals surface area contributed by atoms with Crippen LogP contribution >= 0.6 is 0 Å². The van der Waals surface area contributed by atoms with Gasteiger partial charge in [0.25, 0.3) is 0 Å². The van der Waals surface area contributed by atoms with Gasteiger partial charge in [0, 0.05) is 0 Å². The molecule has 0 aliphatic rings. The Labute approximate surface area is 73.8 Å². The lowest BCUT2D eigenvalue weighted by atomic mass is 9.82. The van der Waals surface area contributed by atoms with Gasteiger partial charge in [-0.1, -0.05) is 6.92 Å². The first-order valence-electron chi connectivity index (χ1n) is 3.34. The second-order valence-corrected chi connectivity index (χ2v) is 2.51. The zero-order valence-electron chi connectivity index (χ0n) is 6.69. The maximum atomic E-state index is 10.5. The van der Waals surface area contributed by atoms with Gasteiger partial charge in [-0.05, 0) is 6.42 Å². The Morgan fingerprint density at radius 1 is 1.08 bits per heavy atom. The van der Waals surface area contributed by atoms with Gasteiger partial charge in [-0.2, -0.15) is 0 Å². The van der Waals surface area contributed by atoms with Gasteiger partial charge in [0.05, 0.1) is 6.42 Å². The van der Waals surface area contributed by atoms with E-state index in [1.54, 1.807) is 0 Å². The van der Waals surface area contributed by atoms with Crippen LogP contribution in [0.15, 0.2) is 0 Å². The Hall–Kier alpha value is -1.59. The van der Waals surface area contributed by atoms with Crippen molar-refractivity contribution >= 4 is 17.9 Å². The Kier molecular flexibility index (Phi) is 3.41. The summed E-state index contributed by atoms with van der Waals surface area (Å²) in [6.07, 6.45) is -1.48. The molecule has 13 heavy (non-hydrogen) atoms. The average Bonchev–Trinajstić information content (AvgIpc) is 1.98. The van der Waals surface area contributed by atoms with Crippen LogP contribution in [0.5, 0.6) is 0 Å². The first kappa shape index (κ1) is 11.4. The molecule has 0 saturated carbocycles. The van der Waals surface area contributed by atoms with Crippen LogP contribution < -0.4 is 0 Å². The number of rotatable bonds is 5. The minimum atomic E-state index is -2.31. The molecule has 3 N–H and O–H groups in total. The van der Waals surface area contributed by atoms with E-state index >= 15 is 0 Å². The third-order valence-corrected chi connectivity index (χ3v) is 1.70. The van der Waals surface area contributed by atoms with Crippen LogP contribution in [0.4, 0.5) is 0 Å². The van der Waals surface area contributed by atoms with Crippen molar-refractivity contribution in [3.63, 3.8) is 0 Å². The van der Waals surface area contributed by atoms with Crippen LogP contribution in [0.1, 0.15) is 12.8 Å². The molecule has 1 radical (unpaired) electrons. The average molecular weight is 189 g/mol. The molecule has 0 bridgehead atoms. The van der Waals surface area contributed by atoms with Gasteiger partial charge in [0.2, 0.25) is 0 Å². The van der Waals surface area contributed by atoms with Crippen LogP contribution in [-0.2, 0) is 14.4 Å². The monoisotopic (exact) mass is 189 g/mol. The highest BCUT2D eigenvalue weighted by molar-refractivity contribution is 6.01. The lowest BCUT2D eigenvalue weighted by Crippen LogP contribution is -2.40. The fourth-order valence-electron chi connectivity index (χ4n) is 0.803. The molecule has 0 aliphatic heterocycles. The first-order valence-corrected chi connectivity index (χ1v) is 3.34. The molecule has 0 fully saturated rings. The molecule has 0 atom stereocenters. The largest absolute Gasteiger partial charge is 0.481 e. The molecule has 73 valence electrons. The molecule has 0 aromatic rings. The molecule has 0 rings (SSSR count). The third-order valence-electron chi connectivity index (χ3n) is 1.70. The minimum Gasteiger partial charge on any atom is -0.481 e. The number of carboxylic acids is 3. The number of hydrogen-bond acceptors (Lipinski definition) is 3. The SMILES string of the molecule is [CH2]CC(CC(=O)O)(C(=O)O)C(=O)O. The fraction of sp³-hybridized carbons (Fsp3) is 0.429. The zero-order valence-corrected chi connectivity index (χ0v) is 6.69. The minimum absolute atomic E-state index is 0.510. The number of aliphatic carboxylic acids is 3. The smallest absolute Gasteiger partial charge is 0.321 e. The number of carbonyl (C=O) groups is 3. The Bertz CT molecular complexity index is 229. The van der Waals surface area contributed by atoms with Gasteiger partial charge in [-0.15, -0.1) is 0 Å². The summed E-state index contributed by atoms with van der Waals surface area (Å²) in [7, 11) is 0. The van der Waals surface area contributed by atoms with Crippen molar-refractivity contribution in [3.8, 4) is 0 Å². The normalized spacial score (nSPS) is 10.8. The van der Waals surface area contributed by atoms with E-state index in [1.165, 1.54) is 0 Å². The van der Waals surface area contributed by atoms with Crippen molar-refractivity contribution in [2.24, 2.45) is 5.41 Å². The second-order valence-electron chi connectivity index (χ2n) is 2.51. The Morgan fingerprint density at radius 2 is 1.46 bits per heavy atom. The van der Waals surface area contributed by atoms with Crippen LogP contribution in [0.2, 0.25) is 0 Å². The van der Waals surface area contributed by atoms with E-state index in [1.807, 2.05) is 0 Å². The van der Waals surface area contributed by atoms with Gasteiger partial charge in [0.1, 0.15) is 0 Å². The number of carboxylic acid groups (broad SMARTS) is 3. The molecule has 0 aromatic carbocycles. The van der Waals surface area contributed by atoms with Gasteiger partial charge in [0.15, 0.2) is 5.41 Å². The van der Waals surface area contributed by atoms with Crippen molar-refractivity contribution < 1.29 is 29.7 Å². The van der Waals surface area contributed by atoms with Gasteiger partial charge in [-0.3, -0.25) is 14.4 Å². The van der Waals surface area contributed by atoms with E-state index in [4.69, 9.17) is 15.3 Å². The molecule has 0 unspecified atom stereocenters. The molecule has 0 heterocycles. The highest BCUT2D eigenvalue weighted by Gasteiger charge is 2.46. The summed E-state index contributed by atoms with van der Waals surface area (Å²) in [4.78, 5) is 31.3. The lowest BCUT2D eigenvalue weighted by molar-refractivity contribution is -0.169. The summed E-state index contributed by atoms with van der Waals surface area (Å²) >= 11 is 0. The first-order chi connectivity index (χ1) is 5.86. The topological polar surface area (TPSA) is 112 Å². The molecular weight excluding hydrogens is 180 g/mol. The summed E-state index contributed by atoms with van der Waals surface area (Å²) in [6, 6.07) is 0. The van der Waals surface area contributed by atoms with E-state index < -0.39 is 36.2 Å². The van der Waals surface area contributed by atoms with Crippen molar-refractivity contribution in [1.82, 2.24) is 0 Å². The summed E-state index contributed by atoms with van der Waals surface area (Å²) in [6.45, 7) is 3.13. The molecular formula is C7H9O6. The maximum Gasteiger partial charge on any atom is 0.321 e. The molecule has 0 aliphatic carbocycles. The third kappa shape index (κ3) is 2.17. The highest BCUT2D eigenvalue weighted by atomic mass is 16.4. The van der Waals surface area contributed by atoms with E-state index in [-0.39, 0.29) is 0 Å². The van der Waals surface area contributed by atoms with Crippen LogP contribution in [-0.4, -0.2) is 33.2 Å². The number of hydrogen-bond donors (Lipinski definition) is 3.